The second kappa shape index (κ2) is 14.6. The summed E-state index contributed by atoms with van der Waals surface area (Å²) in [6.07, 6.45) is 15.7. The van der Waals surface area contributed by atoms with Gasteiger partial charge in [0, 0.05) is 31.1 Å². The summed E-state index contributed by atoms with van der Waals surface area (Å²) in [5.74, 6) is 0.828. The maximum atomic E-state index is 10.7. The van der Waals surface area contributed by atoms with E-state index in [1.54, 1.807) is 12.1 Å². The molecule has 0 fully saturated rings. The van der Waals surface area contributed by atoms with Crippen molar-refractivity contribution in [2.75, 3.05) is 6.61 Å². The maximum Gasteiger partial charge on any atom is 0.269 e. The van der Waals surface area contributed by atoms with Crippen LogP contribution in [0.25, 0.3) is 0 Å². The van der Waals surface area contributed by atoms with Gasteiger partial charge in [-0.05, 0) is 61.4 Å². The second-order valence-corrected chi connectivity index (χ2v) is 8.42. The van der Waals surface area contributed by atoms with Crippen LogP contribution < -0.4 is 4.74 Å². The number of ether oxygens (including phenoxy) is 1. The Labute approximate surface area is 201 Å². The highest BCUT2D eigenvalue weighted by Crippen LogP contribution is 2.23. The van der Waals surface area contributed by atoms with Crippen molar-refractivity contribution in [3.8, 4) is 5.75 Å². The number of nitrogens with zero attached hydrogens (tertiary/aromatic N) is 4. The molecule has 2 aromatic carbocycles. The van der Waals surface area contributed by atoms with Gasteiger partial charge in [-0.3, -0.25) is 10.1 Å². The van der Waals surface area contributed by atoms with Gasteiger partial charge in [-0.15, -0.1) is 0 Å². The van der Waals surface area contributed by atoms with Crippen LogP contribution in [0.2, 0.25) is 0 Å². The van der Waals surface area contributed by atoms with Crippen LogP contribution >= 0.6 is 0 Å². The minimum absolute atomic E-state index is 0.0375. The van der Waals surface area contributed by atoms with E-state index in [-0.39, 0.29) is 5.69 Å². The average Bonchev–Trinajstić information content (AvgIpc) is 3.38. The largest absolute Gasteiger partial charge is 0.494 e. The van der Waals surface area contributed by atoms with Gasteiger partial charge in [-0.1, -0.05) is 44.9 Å². The Morgan fingerprint density at radius 1 is 0.706 bits per heavy atom. The van der Waals surface area contributed by atoms with Crippen molar-refractivity contribution in [1.82, 2.24) is 4.57 Å². The van der Waals surface area contributed by atoms with Crippen LogP contribution in [0.3, 0.4) is 0 Å². The van der Waals surface area contributed by atoms with E-state index in [1.165, 1.54) is 63.5 Å². The summed E-state index contributed by atoms with van der Waals surface area (Å²) in [7, 11) is 0. The number of benzene rings is 2. The van der Waals surface area contributed by atoms with Crippen molar-refractivity contribution in [2.45, 2.75) is 64.3 Å². The first kappa shape index (κ1) is 25.1. The number of nitro groups is 1. The molecule has 0 bridgehead atoms. The van der Waals surface area contributed by atoms with Crippen LogP contribution in [-0.4, -0.2) is 16.1 Å². The fourth-order valence-electron chi connectivity index (χ4n) is 3.71. The Morgan fingerprint density at radius 2 is 1.21 bits per heavy atom. The highest BCUT2D eigenvalue weighted by molar-refractivity contribution is 5.45. The summed E-state index contributed by atoms with van der Waals surface area (Å²) in [6, 6.07) is 17.6. The smallest absolute Gasteiger partial charge is 0.269 e. The zero-order valence-corrected chi connectivity index (χ0v) is 19.7. The first-order valence-corrected chi connectivity index (χ1v) is 12.2. The molecule has 0 aliphatic heterocycles. The van der Waals surface area contributed by atoms with Gasteiger partial charge >= 0.3 is 0 Å². The fourth-order valence-corrected chi connectivity index (χ4v) is 3.71. The van der Waals surface area contributed by atoms with Gasteiger partial charge < -0.3 is 9.30 Å². The Hall–Kier alpha value is -3.48. The Balaban J connectivity index is 1.19. The number of rotatable bonds is 16. The molecule has 0 amide bonds. The van der Waals surface area contributed by atoms with Crippen molar-refractivity contribution in [3.63, 3.8) is 0 Å². The molecule has 180 valence electrons. The van der Waals surface area contributed by atoms with Crippen molar-refractivity contribution >= 4 is 17.1 Å². The molecule has 1 heterocycles. The molecule has 1 aromatic heterocycles. The van der Waals surface area contributed by atoms with Gasteiger partial charge in [0.25, 0.3) is 5.69 Å². The number of non-ortho nitro benzene ring substituents is 1. The lowest BCUT2D eigenvalue weighted by atomic mass is 10.1. The van der Waals surface area contributed by atoms with E-state index in [4.69, 9.17) is 4.74 Å². The standard InChI is InChI=1S/C27H34N4O3/c32-31(33)26-16-12-24(13-17-26)28-29-25-14-18-27(19-15-25)34-23-11-7-5-3-1-2-4-6-8-20-30-21-9-10-22-30/h9-10,12-19,21-22H,1-8,11,20,23H2. The number of unbranched alkanes of at least 4 members (excludes halogenated alkanes) is 8. The van der Waals surface area contributed by atoms with Gasteiger partial charge in [-0.2, -0.15) is 10.2 Å². The molecule has 0 unspecified atom stereocenters. The van der Waals surface area contributed by atoms with Crippen LogP contribution in [0.15, 0.2) is 83.3 Å². The summed E-state index contributed by atoms with van der Waals surface area (Å²) in [6.45, 7) is 1.87. The number of hydrogen-bond acceptors (Lipinski definition) is 5. The summed E-state index contributed by atoms with van der Waals surface area (Å²) in [4.78, 5) is 10.3. The monoisotopic (exact) mass is 462 g/mol. The van der Waals surface area contributed by atoms with Gasteiger partial charge in [0.05, 0.1) is 22.9 Å². The SMILES string of the molecule is O=[N+]([O-])c1ccc(N=Nc2ccc(OCCCCCCCCCCCn3cccc3)cc2)cc1. The highest BCUT2D eigenvalue weighted by Gasteiger charge is 2.03. The molecule has 0 N–H and O–H groups in total. The van der Waals surface area contributed by atoms with E-state index in [0.717, 1.165) is 25.3 Å². The first-order chi connectivity index (χ1) is 16.7. The average molecular weight is 463 g/mol. The third-order valence-corrected chi connectivity index (χ3v) is 5.67. The molecule has 7 nitrogen and oxygen atoms in total. The highest BCUT2D eigenvalue weighted by atomic mass is 16.6. The summed E-state index contributed by atoms with van der Waals surface area (Å²) in [5.41, 5.74) is 1.31. The molecule has 0 spiro atoms. The van der Waals surface area contributed by atoms with Crippen molar-refractivity contribution in [3.05, 3.63) is 83.2 Å². The number of hydrogen-bond donors (Lipinski definition) is 0. The number of aryl methyl sites for hydroxylation is 1. The summed E-state index contributed by atoms with van der Waals surface area (Å²) >= 11 is 0. The van der Waals surface area contributed by atoms with Gasteiger partial charge in [0.1, 0.15) is 5.75 Å². The lowest BCUT2D eigenvalue weighted by Crippen LogP contribution is -1.97. The molecule has 0 atom stereocenters. The molecule has 0 saturated carbocycles. The Bertz CT molecular complexity index is 984. The van der Waals surface area contributed by atoms with E-state index in [1.807, 2.05) is 24.3 Å². The van der Waals surface area contributed by atoms with E-state index in [9.17, 15) is 10.1 Å². The number of azo groups is 1. The fraction of sp³-hybridized carbons (Fsp3) is 0.407. The van der Waals surface area contributed by atoms with Crippen LogP contribution in [-0.2, 0) is 6.54 Å². The summed E-state index contributed by atoms with van der Waals surface area (Å²) < 4.78 is 8.08. The van der Waals surface area contributed by atoms with Crippen molar-refractivity contribution in [1.29, 1.82) is 0 Å². The third-order valence-electron chi connectivity index (χ3n) is 5.67. The first-order valence-electron chi connectivity index (χ1n) is 12.2. The minimum atomic E-state index is -0.435. The zero-order chi connectivity index (χ0) is 23.8. The molecular formula is C27H34N4O3. The van der Waals surface area contributed by atoms with E-state index >= 15 is 0 Å². The third kappa shape index (κ3) is 9.57. The topological polar surface area (TPSA) is 82.0 Å². The Morgan fingerprint density at radius 3 is 1.76 bits per heavy atom. The predicted octanol–water partition coefficient (Wildman–Crippen LogP) is 8.40. The normalized spacial score (nSPS) is 11.2. The van der Waals surface area contributed by atoms with E-state index in [2.05, 4.69) is 39.3 Å². The quantitative estimate of drug-likeness (QED) is 0.0927. The lowest BCUT2D eigenvalue weighted by molar-refractivity contribution is -0.384. The molecule has 34 heavy (non-hydrogen) atoms. The molecule has 0 aliphatic rings. The molecule has 0 saturated heterocycles. The molecule has 3 rings (SSSR count). The van der Waals surface area contributed by atoms with Gasteiger partial charge in [0.2, 0.25) is 0 Å². The molecule has 0 aliphatic carbocycles. The van der Waals surface area contributed by atoms with Crippen molar-refractivity contribution in [2.24, 2.45) is 10.2 Å². The van der Waals surface area contributed by atoms with Gasteiger partial charge in [-0.25, -0.2) is 0 Å². The van der Waals surface area contributed by atoms with E-state index < -0.39 is 4.92 Å². The number of aromatic nitrogens is 1. The predicted molar refractivity (Wildman–Crippen MR) is 135 cm³/mol. The van der Waals surface area contributed by atoms with Crippen LogP contribution in [0.4, 0.5) is 17.1 Å². The van der Waals surface area contributed by atoms with Crippen LogP contribution in [0.5, 0.6) is 5.75 Å². The van der Waals surface area contributed by atoms with Crippen LogP contribution in [0.1, 0.15) is 57.8 Å². The molecule has 3 aromatic rings. The van der Waals surface area contributed by atoms with Gasteiger partial charge in [0.15, 0.2) is 0 Å². The maximum absolute atomic E-state index is 10.7. The summed E-state index contributed by atoms with van der Waals surface area (Å²) in [5, 5.41) is 19.0. The zero-order valence-electron chi connectivity index (χ0n) is 19.7. The lowest BCUT2D eigenvalue weighted by Gasteiger charge is -2.06. The molecule has 0 radical (unpaired) electrons. The Kier molecular flexibility index (Phi) is 10.8. The second-order valence-electron chi connectivity index (χ2n) is 8.42. The van der Waals surface area contributed by atoms with E-state index in [0.29, 0.717) is 11.4 Å². The van der Waals surface area contributed by atoms with Crippen LogP contribution in [0, 0.1) is 10.1 Å². The molecular weight excluding hydrogens is 428 g/mol. The molecule has 7 heteroatoms. The minimum Gasteiger partial charge on any atom is -0.494 e. The van der Waals surface area contributed by atoms with Crippen molar-refractivity contribution < 1.29 is 9.66 Å². The number of nitro benzene ring substituents is 1.